The number of ether oxygens (including phenoxy) is 3. The third kappa shape index (κ3) is 56.0. The lowest BCUT2D eigenvalue weighted by atomic mass is 10.1. The van der Waals surface area contributed by atoms with Crippen molar-refractivity contribution in [1.29, 1.82) is 0 Å². The lowest BCUT2D eigenvalue weighted by molar-refractivity contribution is -0.167. The molecule has 0 saturated carbocycles. The van der Waals surface area contributed by atoms with Crippen LogP contribution in [0.1, 0.15) is 220 Å². The van der Waals surface area contributed by atoms with E-state index in [0.29, 0.717) is 19.3 Å². The molecule has 6 nitrogen and oxygen atoms in total. The molecule has 0 bridgehead atoms. The highest BCUT2D eigenvalue weighted by Crippen LogP contribution is 2.12. The standard InChI is InChI=1S/C66H102O6/c1-4-7-10-13-16-19-21-23-25-27-29-30-31-32-33-34-35-36-38-39-41-43-45-47-50-53-56-59-65(68)71-62-63(61-70-64(67)58-55-52-49-18-15-12-9-6-3)72-66(69)60-57-54-51-48-46-44-42-40-37-28-26-24-22-20-17-14-11-8-5-2/h7-8,10-11,16-17,19-20,23-26,29-30,32-33,35-37,39-41,44-47,63H,4-6,9,12-15,18,21-22,27-28,31,34,38,42-43,48-62H2,1-3H3/b10-7-,11-8-,19-16-,20-17-,25-23-,26-24-,30-29-,33-32-,36-35-,40-37-,41-39-,46-44-,47-45-. The summed E-state index contributed by atoms with van der Waals surface area (Å²) in [6.07, 6.45) is 85.3. The van der Waals surface area contributed by atoms with E-state index in [1.54, 1.807) is 0 Å². The fourth-order valence-corrected chi connectivity index (χ4v) is 7.07. The molecule has 0 radical (unpaired) electrons. The summed E-state index contributed by atoms with van der Waals surface area (Å²) in [6.45, 7) is 6.29. The first-order valence-corrected chi connectivity index (χ1v) is 28.5. The van der Waals surface area contributed by atoms with Gasteiger partial charge in [-0.1, -0.05) is 230 Å². The number of hydrogen-bond donors (Lipinski definition) is 0. The smallest absolute Gasteiger partial charge is 0.306 e. The van der Waals surface area contributed by atoms with Gasteiger partial charge in [-0.3, -0.25) is 14.4 Å². The molecular formula is C66H102O6. The van der Waals surface area contributed by atoms with Crippen molar-refractivity contribution in [2.24, 2.45) is 0 Å². The van der Waals surface area contributed by atoms with Crippen molar-refractivity contribution in [3.05, 3.63) is 158 Å². The van der Waals surface area contributed by atoms with Gasteiger partial charge < -0.3 is 14.2 Å². The lowest BCUT2D eigenvalue weighted by Gasteiger charge is -2.18. The maximum atomic E-state index is 12.8. The Kier molecular flexibility index (Phi) is 54.6. The Morgan fingerprint density at radius 3 is 0.875 bits per heavy atom. The molecule has 0 aliphatic rings. The van der Waals surface area contributed by atoms with Gasteiger partial charge in [0.25, 0.3) is 0 Å². The van der Waals surface area contributed by atoms with Crippen LogP contribution < -0.4 is 0 Å². The van der Waals surface area contributed by atoms with E-state index >= 15 is 0 Å². The van der Waals surface area contributed by atoms with E-state index in [1.165, 1.54) is 32.1 Å². The molecule has 6 heteroatoms. The van der Waals surface area contributed by atoms with Gasteiger partial charge in [0.05, 0.1) is 0 Å². The van der Waals surface area contributed by atoms with Gasteiger partial charge in [-0.2, -0.15) is 0 Å². The zero-order chi connectivity index (χ0) is 52.2. The van der Waals surface area contributed by atoms with Gasteiger partial charge in [-0.05, 0) is 128 Å². The van der Waals surface area contributed by atoms with Crippen LogP contribution in [-0.2, 0) is 28.6 Å². The Labute approximate surface area is 441 Å². The molecule has 0 heterocycles. The van der Waals surface area contributed by atoms with Crippen LogP contribution >= 0.6 is 0 Å². The summed E-state index contributed by atoms with van der Waals surface area (Å²) >= 11 is 0. The van der Waals surface area contributed by atoms with Crippen LogP contribution in [0.2, 0.25) is 0 Å². The molecule has 0 amide bonds. The molecule has 0 saturated heterocycles. The largest absolute Gasteiger partial charge is 0.462 e. The van der Waals surface area contributed by atoms with Gasteiger partial charge in [-0.15, -0.1) is 0 Å². The molecule has 0 aliphatic carbocycles. The van der Waals surface area contributed by atoms with E-state index in [2.05, 4.69) is 179 Å². The first-order chi connectivity index (χ1) is 35.5. The molecule has 72 heavy (non-hydrogen) atoms. The SMILES string of the molecule is CC/C=C\C/C=C\C/C=C\C/C=C\C/C=C\C/C=C\C/C=C\C/C=C\CCCCC(=O)OCC(COC(=O)CCCCCCCCCC)OC(=O)CCCCC/C=C\C/C=C\C/C=C\C/C=C\C/C=C\CC. The van der Waals surface area contributed by atoms with E-state index in [4.69, 9.17) is 14.2 Å². The average Bonchev–Trinajstić information content (AvgIpc) is 3.38. The molecule has 0 aromatic heterocycles. The maximum Gasteiger partial charge on any atom is 0.306 e. The molecule has 0 aromatic carbocycles. The van der Waals surface area contributed by atoms with Crippen LogP contribution in [0.15, 0.2) is 158 Å². The summed E-state index contributed by atoms with van der Waals surface area (Å²) in [5.74, 6) is -1.00. The predicted octanol–water partition coefficient (Wildman–Crippen LogP) is 19.4. The minimum absolute atomic E-state index is 0.112. The summed E-state index contributed by atoms with van der Waals surface area (Å²) in [7, 11) is 0. The molecule has 1 unspecified atom stereocenters. The number of carbonyl (C=O) groups excluding carboxylic acids is 3. The minimum atomic E-state index is -0.819. The maximum absolute atomic E-state index is 12.8. The first kappa shape index (κ1) is 67.0. The molecule has 0 spiro atoms. The summed E-state index contributed by atoms with van der Waals surface area (Å²) < 4.78 is 16.7. The lowest BCUT2D eigenvalue weighted by Crippen LogP contribution is -2.30. The van der Waals surface area contributed by atoms with Crippen molar-refractivity contribution in [2.45, 2.75) is 226 Å². The fourth-order valence-electron chi connectivity index (χ4n) is 7.07. The van der Waals surface area contributed by atoms with Crippen molar-refractivity contribution in [2.75, 3.05) is 13.2 Å². The van der Waals surface area contributed by atoms with Crippen LogP contribution in [0.5, 0.6) is 0 Å². The van der Waals surface area contributed by atoms with Crippen molar-refractivity contribution in [3.8, 4) is 0 Å². The molecule has 0 aliphatic heterocycles. The van der Waals surface area contributed by atoms with E-state index in [9.17, 15) is 14.4 Å². The van der Waals surface area contributed by atoms with Crippen molar-refractivity contribution in [1.82, 2.24) is 0 Å². The van der Waals surface area contributed by atoms with E-state index in [-0.39, 0.29) is 44.0 Å². The van der Waals surface area contributed by atoms with E-state index in [0.717, 1.165) is 135 Å². The zero-order valence-electron chi connectivity index (χ0n) is 45.9. The third-order valence-corrected chi connectivity index (χ3v) is 11.3. The molecule has 402 valence electrons. The van der Waals surface area contributed by atoms with Gasteiger partial charge in [0.2, 0.25) is 0 Å². The highest BCUT2D eigenvalue weighted by molar-refractivity contribution is 5.71. The third-order valence-electron chi connectivity index (χ3n) is 11.3. The normalized spacial score (nSPS) is 13.3. The monoisotopic (exact) mass is 991 g/mol. The molecule has 1 atom stereocenters. The predicted molar refractivity (Wildman–Crippen MR) is 311 cm³/mol. The summed E-state index contributed by atoms with van der Waals surface area (Å²) in [5.41, 5.74) is 0. The van der Waals surface area contributed by atoms with E-state index in [1.807, 2.05) is 0 Å². The van der Waals surface area contributed by atoms with Crippen molar-refractivity contribution < 1.29 is 28.6 Å². The quantitative estimate of drug-likeness (QED) is 0.0262. The summed E-state index contributed by atoms with van der Waals surface area (Å²) in [4.78, 5) is 38.0. The fraction of sp³-hybridized carbons (Fsp3) is 0.561. The van der Waals surface area contributed by atoms with Crippen LogP contribution in [0.25, 0.3) is 0 Å². The van der Waals surface area contributed by atoms with Gasteiger partial charge >= 0.3 is 17.9 Å². The summed E-state index contributed by atoms with van der Waals surface area (Å²) in [5, 5.41) is 0. The van der Waals surface area contributed by atoms with Gasteiger partial charge in [0.1, 0.15) is 13.2 Å². The Bertz CT molecular complexity index is 1660. The second-order valence-corrected chi connectivity index (χ2v) is 18.1. The van der Waals surface area contributed by atoms with Crippen LogP contribution in [0.4, 0.5) is 0 Å². The second-order valence-electron chi connectivity index (χ2n) is 18.1. The zero-order valence-corrected chi connectivity index (χ0v) is 45.9. The molecule has 0 fully saturated rings. The Morgan fingerprint density at radius 1 is 0.292 bits per heavy atom. The number of carbonyl (C=O) groups is 3. The number of unbranched alkanes of at least 4 members (excludes halogenated alkanes) is 12. The minimum Gasteiger partial charge on any atom is -0.462 e. The highest BCUT2D eigenvalue weighted by Gasteiger charge is 2.19. The van der Waals surface area contributed by atoms with Crippen LogP contribution in [0.3, 0.4) is 0 Å². The topological polar surface area (TPSA) is 78.9 Å². The Balaban J connectivity index is 4.42. The number of esters is 3. The van der Waals surface area contributed by atoms with Gasteiger partial charge in [0, 0.05) is 19.3 Å². The molecule has 0 aromatic rings. The van der Waals surface area contributed by atoms with E-state index < -0.39 is 6.10 Å². The first-order valence-electron chi connectivity index (χ1n) is 28.5. The van der Waals surface area contributed by atoms with Crippen molar-refractivity contribution >= 4 is 17.9 Å². The Morgan fingerprint density at radius 2 is 0.542 bits per heavy atom. The molecule has 0 N–H and O–H groups in total. The second kappa shape index (κ2) is 58.6. The molecule has 0 rings (SSSR count). The van der Waals surface area contributed by atoms with Gasteiger partial charge in [0.15, 0.2) is 6.10 Å². The Hall–Kier alpha value is -4.97. The number of allylic oxidation sites excluding steroid dienone is 26. The average molecular weight is 992 g/mol. The molecular weight excluding hydrogens is 889 g/mol. The number of rotatable bonds is 49. The van der Waals surface area contributed by atoms with Crippen molar-refractivity contribution in [3.63, 3.8) is 0 Å². The van der Waals surface area contributed by atoms with Crippen LogP contribution in [0, 0.1) is 0 Å². The van der Waals surface area contributed by atoms with Crippen LogP contribution in [-0.4, -0.2) is 37.2 Å². The summed E-state index contributed by atoms with van der Waals surface area (Å²) in [6, 6.07) is 0. The van der Waals surface area contributed by atoms with Gasteiger partial charge in [-0.25, -0.2) is 0 Å². The number of hydrogen-bond acceptors (Lipinski definition) is 6. The highest BCUT2D eigenvalue weighted by atomic mass is 16.6.